The molecular weight excluding hydrogens is 470 g/mol. The number of nitrogens with one attached hydrogen (secondary N) is 1. The molecule has 1 amide bonds. The molecule has 1 N–H and O–H groups in total. The van der Waals surface area contributed by atoms with Gasteiger partial charge in [-0.25, -0.2) is 14.6 Å². The molecule has 180 valence electrons. The standard InChI is InChI=1S/C28H25N5O2S/c1-3-21-25-27(33(32-21)20-14-8-5-9-15-20)30-26(19-12-6-4-7-13-19)31-28(25)36-18-24(34)29-22-16-10-11-17-23(22)35-2/h4-17H,3,18H2,1-2H3,(H,29,34). The second-order valence-corrected chi connectivity index (χ2v) is 8.97. The van der Waals surface area contributed by atoms with Crippen molar-refractivity contribution in [2.75, 3.05) is 18.2 Å². The molecule has 0 saturated carbocycles. The van der Waals surface area contributed by atoms with Crippen LogP contribution in [0.15, 0.2) is 90.0 Å². The molecule has 2 heterocycles. The number of hydrogen-bond acceptors (Lipinski definition) is 6. The van der Waals surface area contributed by atoms with Gasteiger partial charge in [0.1, 0.15) is 10.8 Å². The molecule has 0 atom stereocenters. The van der Waals surface area contributed by atoms with Crippen molar-refractivity contribution in [1.82, 2.24) is 19.7 Å². The lowest BCUT2D eigenvalue weighted by Gasteiger charge is -2.10. The van der Waals surface area contributed by atoms with E-state index < -0.39 is 0 Å². The molecule has 7 nitrogen and oxygen atoms in total. The van der Waals surface area contributed by atoms with E-state index in [9.17, 15) is 4.79 Å². The average Bonchev–Trinajstić information content (AvgIpc) is 3.32. The Morgan fingerprint density at radius 2 is 1.64 bits per heavy atom. The third kappa shape index (κ3) is 4.81. The van der Waals surface area contributed by atoms with Crippen LogP contribution in [0.25, 0.3) is 28.1 Å². The molecule has 0 spiro atoms. The number of fused-ring (bicyclic) bond motifs is 1. The van der Waals surface area contributed by atoms with Crippen LogP contribution in [0.3, 0.4) is 0 Å². The van der Waals surface area contributed by atoms with Crippen molar-refractivity contribution < 1.29 is 9.53 Å². The van der Waals surface area contributed by atoms with E-state index in [0.717, 1.165) is 33.0 Å². The Hall–Kier alpha value is -4.17. The second-order valence-electron chi connectivity index (χ2n) is 8.00. The highest BCUT2D eigenvalue weighted by atomic mass is 32.2. The Morgan fingerprint density at radius 1 is 0.944 bits per heavy atom. The summed E-state index contributed by atoms with van der Waals surface area (Å²) in [5.41, 5.74) is 4.07. The van der Waals surface area contributed by atoms with Gasteiger partial charge < -0.3 is 10.1 Å². The van der Waals surface area contributed by atoms with Gasteiger partial charge in [0.2, 0.25) is 5.91 Å². The summed E-state index contributed by atoms with van der Waals surface area (Å²) in [6, 6.07) is 27.1. The normalized spacial score (nSPS) is 10.9. The molecule has 0 unspecified atom stereocenters. The highest BCUT2D eigenvalue weighted by Gasteiger charge is 2.21. The molecule has 5 rings (SSSR count). The number of benzene rings is 3. The van der Waals surface area contributed by atoms with Gasteiger partial charge in [-0.1, -0.05) is 79.3 Å². The first-order chi connectivity index (χ1) is 17.7. The first-order valence-electron chi connectivity index (χ1n) is 11.6. The fraction of sp³-hybridized carbons (Fsp3) is 0.143. The van der Waals surface area contributed by atoms with Crippen LogP contribution >= 0.6 is 11.8 Å². The third-order valence-corrected chi connectivity index (χ3v) is 6.63. The molecule has 0 saturated heterocycles. The zero-order valence-electron chi connectivity index (χ0n) is 20.0. The molecule has 8 heteroatoms. The Morgan fingerprint density at radius 3 is 2.36 bits per heavy atom. The van der Waals surface area contributed by atoms with Crippen molar-refractivity contribution in [3.05, 3.63) is 90.6 Å². The number of ether oxygens (including phenoxy) is 1. The second kappa shape index (κ2) is 10.6. The van der Waals surface area contributed by atoms with Gasteiger partial charge in [0.05, 0.1) is 35.3 Å². The van der Waals surface area contributed by atoms with E-state index in [2.05, 4.69) is 12.2 Å². The number of amides is 1. The summed E-state index contributed by atoms with van der Waals surface area (Å²) in [4.78, 5) is 22.7. The van der Waals surface area contributed by atoms with Crippen LogP contribution in [0.2, 0.25) is 0 Å². The molecule has 0 fully saturated rings. The minimum atomic E-state index is -0.147. The Labute approximate surface area is 213 Å². The average molecular weight is 496 g/mol. The van der Waals surface area contributed by atoms with Crippen LogP contribution in [0.1, 0.15) is 12.6 Å². The maximum atomic E-state index is 12.9. The van der Waals surface area contributed by atoms with Gasteiger partial charge in [-0.3, -0.25) is 4.79 Å². The molecule has 0 radical (unpaired) electrons. The van der Waals surface area contributed by atoms with E-state index >= 15 is 0 Å². The Balaban J connectivity index is 1.55. The maximum Gasteiger partial charge on any atom is 0.234 e. The summed E-state index contributed by atoms with van der Waals surface area (Å²) in [5.74, 6) is 1.24. The number of para-hydroxylation sites is 3. The molecule has 2 aromatic heterocycles. The van der Waals surface area contributed by atoms with Crippen LogP contribution in [0.5, 0.6) is 5.75 Å². The number of aromatic nitrogens is 4. The van der Waals surface area contributed by atoms with Gasteiger partial charge in [0.15, 0.2) is 11.5 Å². The largest absolute Gasteiger partial charge is 0.495 e. The third-order valence-electron chi connectivity index (χ3n) is 5.66. The number of anilines is 1. The van der Waals surface area contributed by atoms with Gasteiger partial charge in [-0.15, -0.1) is 0 Å². The van der Waals surface area contributed by atoms with Crippen molar-refractivity contribution in [1.29, 1.82) is 0 Å². The maximum absolute atomic E-state index is 12.9. The van der Waals surface area contributed by atoms with Crippen LogP contribution in [0, 0.1) is 0 Å². The van der Waals surface area contributed by atoms with Gasteiger partial charge in [0, 0.05) is 5.56 Å². The minimum absolute atomic E-state index is 0.147. The molecule has 3 aromatic carbocycles. The zero-order valence-corrected chi connectivity index (χ0v) is 20.8. The molecular formula is C28H25N5O2S. The number of nitrogens with zero attached hydrogens (tertiary/aromatic N) is 4. The van der Waals surface area contributed by atoms with Gasteiger partial charge in [-0.05, 0) is 30.7 Å². The van der Waals surface area contributed by atoms with Crippen LogP contribution in [-0.2, 0) is 11.2 Å². The smallest absolute Gasteiger partial charge is 0.234 e. The monoisotopic (exact) mass is 495 g/mol. The molecule has 36 heavy (non-hydrogen) atoms. The topological polar surface area (TPSA) is 81.9 Å². The molecule has 0 aliphatic carbocycles. The number of rotatable bonds is 8. The van der Waals surface area contributed by atoms with Crippen molar-refractivity contribution >= 4 is 34.4 Å². The van der Waals surface area contributed by atoms with E-state index in [-0.39, 0.29) is 11.7 Å². The molecule has 5 aromatic rings. The predicted octanol–water partition coefficient (Wildman–Crippen LogP) is 5.78. The van der Waals surface area contributed by atoms with Gasteiger partial charge >= 0.3 is 0 Å². The molecule has 0 aliphatic rings. The van der Waals surface area contributed by atoms with E-state index in [0.29, 0.717) is 23.7 Å². The summed E-state index contributed by atoms with van der Waals surface area (Å²) in [6.07, 6.45) is 0.714. The summed E-state index contributed by atoms with van der Waals surface area (Å²) in [7, 11) is 1.58. The summed E-state index contributed by atoms with van der Waals surface area (Å²) < 4.78 is 7.22. The summed E-state index contributed by atoms with van der Waals surface area (Å²) >= 11 is 1.38. The number of hydrogen-bond donors (Lipinski definition) is 1. The van der Waals surface area contributed by atoms with Crippen molar-refractivity contribution in [2.24, 2.45) is 0 Å². The lowest BCUT2D eigenvalue weighted by atomic mass is 10.2. The zero-order chi connectivity index (χ0) is 24.9. The first-order valence-corrected chi connectivity index (χ1v) is 12.6. The van der Waals surface area contributed by atoms with Crippen molar-refractivity contribution in [3.8, 4) is 22.8 Å². The lowest BCUT2D eigenvalue weighted by Crippen LogP contribution is -2.15. The number of thioether (sulfide) groups is 1. The van der Waals surface area contributed by atoms with Crippen LogP contribution in [0.4, 0.5) is 5.69 Å². The van der Waals surface area contributed by atoms with E-state index in [1.165, 1.54) is 11.8 Å². The summed E-state index contributed by atoms with van der Waals surface area (Å²) in [6.45, 7) is 2.06. The predicted molar refractivity (Wildman–Crippen MR) is 144 cm³/mol. The quantitative estimate of drug-likeness (QED) is 0.217. The minimum Gasteiger partial charge on any atom is -0.495 e. The number of carbonyl (C=O) groups excluding carboxylic acids is 1. The fourth-order valence-corrected chi connectivity index (χ4v) is 4.78. The van der Waals surface area contributed by atoms with E-state index in [1.54, 1.807) is 7.11 Å². The molecule has 0 bridgehead atoms. The SMILES string of the molecule is CCc1nn(-c2ccccc2)c2nc(-c3ccccc3)nc(SCC(=O)Nc3ccccc3OC)c12. The number of carbonyl (C=O) groups is 1. The van der Waals surface area contributed by atoms with Crippen LogP contribution < -0.4 is 10.1 Å². The first kappa shape index (κ1) is 23.6. The fourth-order valence-electron chi connectivity index (χ4n) is 3.94. The Kier molecular flexibility index (Phi) is 6.95. The van der Waals surface area contributed by atoms with Crippen molar-refractivity contribution in [2.45, 2.75) is 18.4 Å². The van der Waals surface area contributed by atoms with Crippen molar-refractivity contribution in [3.63, 3.8) is 0 Å². The van der Waals surface area contributed by atoms with Crippen LogP contribution in [-0.4, -0.2) is 38.5 Å². The van der Waals surface area contributed by atoms with Gasteiger partial charge in [0.25, 0.3) is 0 Å². The van der Waals surface area contributed by atoms with E-state index in [1.807, 2.05) is 89.6 Å². The highest BCUT2D eigenvalue weighted by molar-refractivity contribution is 8.00. The number of aryl methyl sites for hydroxylation is 1. The summed E-state index contributed by atoms with van der Waals surface area (Å²) in [5, 5.41) is 9.41. The lowest BCUT2D eigenvalue weighted by molar-refractivity contribution is -0.113. The molecule has 0 aliphatic heterocycles. The number of methoxy groups -OCH3 is 1. The van der Waals surface area contributed by atoms with E-state index in [4.69, 9.17) is 19.8 Å². The van der Waals surface area contributed by atoms with Gasteiger partial charge in [-0.2, -0.15) is 5.10 Å². The highest BCUT2D eigenvalue weighted by Crippen LogP contribution is 2.33. The Bertz CT molecular complexity index is 1500.